The Morgan fingerprint density at radius 1 is 1.18 bits per heavy atom. The molecule has 0 amide bonds. The van der Waals surface area contributed by atoms with Gasteiger partial charge in [-0.3, -0.25) is 9.20 Å². The van der Waals surface area contributed by atoms with Crippen molar-refractivity contribution >= 4 is 11.6 Å². The van der Waals surface area contributed by atoms with E-state index in [2.05, 4.69) is 4.98 Å². The molecule has 0 unspecified atom stereocenters. The Morgan fingerprint density at radius 3 is 2.77 bits per heavy atom. The maximum atomic E-state index is 11.9. The van der Waals surface area contributed by atoms with Crippen LogP contribution in [0.4, 0.5) is 0 Å². The standard InChI is InChI=1S/C16H12N2O4/c19-13-6-2-1-5-12(13)16(21)22-10-11-9-15(20)18-8-4-3-7-14(18)17-11/h1-9,19H,10H2. The van der Waals surface area contributed by atoms with Crippen LogP contribution in [0.5, 0.6) is 5.75 Å². The van der Waals surface area contributed by atoms with Crippen LogP contribution in [0.25, 0.3) is 5.65 Å². The summed E-state index contributed by atoms with van der Waals surface area (Å²) in [4.78, 5) is 28.1. The van der Waals surface area contributed by atoms with Gasteiger partial charge in [0.05, 0.1) is 5.69 Å². The summed E-state index contributed by atoms with van der Waals surface area (Å²) < 4.78 is 6.49. The van der Waals surface area contributed by atoms with Crippen LogP contribution in [0.2, 0.25) is 0 Å². The first kappa shape index (κ1) is 13.8. The summed E-state index contributed by atoms with van der Waals surface area (Å²) in [6.07, 6.45) is 1.61. The number of esters is 1. The van der Waals surface area contributed by atoms with Gasteiger partial charge in [-0.25, -0.2) is 9.78 Å². The number of benzene rings is 1. The van der Waals surface area contributed by atoms with Crippen molar-refractivity contribution in [3.05, 3.63) is 76.3 Å². The summed E-state index contributed by atoms with van der Waals surface area (Å²) in [5, 5.41) is 9.59. The van der Waals surface area contributed by atoms with Gasteiger partial charge in [0.15, 0.2) is 0 Å². The number of hydrogen-bond donors (Lipinski definition) is 1. The molecule has 0 fully saturated rings. The number of rotatable bonds is 3. The number of pyridine rings is 1. The maximum Gasteiger partial charge on any atom is 0.342 e. The third-order valence-electron chi connectivity index (χ3n) is 3.10. The molecule has 22 heavy (non-hydrogen) atoms. The number of para-hydroxylation sites is 1. The molecule has 2 aromatic heterocycles. The molecule has 1 N–H and O–H groups in total. The zero-order valence-electron chi connectivity index (χ0n) is 11.5. The molecule has 3 rings (SSSR count). The Bertz CT molecular complexity index is 902. The number of nitrogens with zero attached hydrogens (tertiary/aromatic N) is 2. The van der Waals surface area contributed by atoms with Gasteiger partial charge in [0.25, 0.3) is 5.56 Å². The molecule has 6 nitrogen and oxygen atoms in total. The lowest BCUT2D eigenvalue weighted by molar-refractivity contribution is 0.0464. The first-order chi connectivity index (χ1) is 10.6. The van der Waals surface area contributed by atoms with Crippen molar-refractivity contribution in [2.45, 2.75) is 6.61 Å². The molecule has 0 aliphatic carbocycles. The summed E-state index contributed by atoms with van der Waals surface area (Å²) in [5.74, 6) is -0.827. The van der Waals surface area contributed by atoms with Crippen LogP contribution in [0.15, 0.2) is 59.5 Å². The quantitative estimate of drug-likeness (QED) is 0.745. The molecular formula is C16H12N2O4. The number of aromatic hydroxyl groups is 1. The van der Waals surface area contributed by atoms with Gasteiger partial charge in [0.2, 0.25) is 0 Å². The van der Waals surface area contributed by atoms with Gasteiger partial charge in [-0.05, 0) is 24.3 Å². The van der Waals surface area contributed by atoms with E-state index >= 15 is 0 Å². The zero-order valence-corrected chi connectivity index (χ0v) is 11.5. The predicted molar refractivity (Wildman–Crippen MR) is 78.7 cm³/mol. The van der Waals surface area contributed by atoms with E-state index in [1.54, 1.807) is 36.5 Å². The molecule has 6 heteroatoms. The van der Waals surface area contributed by atoms with E-state index in [1.807, 2.05) is 0 Å². The van der Waals surface area contributed by atoms with Gasteiger partial charge in [-0.15, -0.1) is 0 Å². The van der Waals surface area contributed by atoms with E-state index in [4.69, 9.17) is 4.74 Å². The number of carbonyl (C=O) groups is 1. The van der Waals surface area contributed by atoms with Crippen LogP contribution in [0.3, 0.4) is 0 Å². The Hall–Kier alpha value is -3.15. The summed E-state index contributed by atoms with van der Waals surface area (Å²) in [6.45, 7) is -0.145. The van der Waals surface area contributed by atoms with Gasteiger partial charge < -0.3 is 9.84 Å². The second kappa shape index (κ2) is 5.69. The van der Waals surface area contributed by atoms with Crippen molar-refractivity contribution in [2.24, 2.45) is 0 Å². The largest absolute Gasteiger partial charge is 0.507 e. The summed E-state index contributed by atoms with van der Waals surface area (Å²) in [5.41, 5.74) is 0.641. The number of hydrogen-bond acceptors (Lipinski definition) is 5. The summed E-state index contributed by atoms with van der Waals surface area (Å²) >= 11 is 0. The van der Waals surface area contributed by atoms with E-state index in [9.17, 15) is 14.7 Å². The van der Waals surface area contributed by atoms with E-state index < -0.39 is 5.97 Å². The fraction of sp³-hybridized carbons (Fsp3) is 0.0625. The Morgan fingerprint density at radius 2 is 1.95 bits per heavy atom. The molecule has 2 heterocycles. The van der Waals surface area contributed by atoms with E-state index in [1.165, 1.54) is 22.6 Å². The number of phenolic OH excluding ortho intramolecular Hbond substituents is 1. The highest BCUT2D eigenvalue weighted by Crippen LogP contribution is 2.17. The highest BCUT2D eigenvalue weighted by Gasteiger charge is 2.12. The number of aromatic nitrogens is 2. The van der Waals surface area contributed by atoms with Crippen LogP contribution in [0, 0.1) is 0 Å². The van der Waals surface area contributed by atoms with Crippen molar-refractivity contribution in [3.63, 3.8) is 0 Å². The second-order valence-corrected chi connectivity index (χ2v) is 4.61. The molecule has 0 atom stereocenters. The zero-order chi connectivity index (χ0) is 15.5. The molecular weight excluding hydrogens is 284 g/mol. The van der Waals surface area contributed by atoms with Gasteiger partial charge in [0, 0.05) is 12.3 Å². The van der Waals surface area contributed by atoms with Crippen molar-refractivity contribution in [2.75, 3.05) is 0 Å². The lowest BCUT2D eigenvalue weighted by Gasteiger charge is -2.06. The average molecular weight is 296 g/mol. The minimum atomic E-state index is -0.673. The van der Waals surface area contributed by atoms with Gasteiger partial charge >= 0.3 is 5.97 Å². The minimum absolute atomic E-state index is 0.0695. The topological polar surface area (TPSA) is 80.9 Å². The molecule has 0 aliphatic heterocycles. The maximum absolute atomic E-state index is 11.9. The molecule has 0 spiro atoms. The highest BCUT2D eigenvalue weighted by atomic mass is 16.5. The normalized spacial score (nSPS) is 10.5. The van der Waals surface area contributed by atoms with E-state index in [-0.39, 0.29) is 23.5 Å². The monoisotopic (exact) mass is 296 g/mol. The summed E-state index contributed by atoms with van der Waals surface area (Å²) in [6, 6.07) is 12.6. The van der Waals surface area contributed by atoms with Gasteiger partial charge in [-0.2, -0.15) is 0 Å². The van der Waals surface area contributed by atoms with E-state index in [0.29, 0.717) is 11.3 Å². The van der Waals surface area contributed by atoms with Crippen molar-refractivity contribution in [1.82, 2.24) is 9.38 Å². The van der Waals surface area contributed by atoms with Gasteiger partial charge in [-0.1, -0.05) is 18.2 Å². The first-order valence-electron chi connectivity index (χ1n) is 6.57. The van der Waals surface area contributed by atoms with Crippen molar-refractivity contribution in [1.29, 1.82) is 0 Å². The van der Waals surface area contributed by atoms with Crippen LogP contribution < -0.4 is 5.56 Å². The first-order valence-corrected chi connectivity index (χ1v) is 6.57. The lowest BCUT2D eigenvalue weighted by Crippen LogP contribution is -2.16. The van der Waals surface area contributed by atoms with Crippen LogP contribution in [-0.2, 0) is 11.3 Å². The number of carbonyl (C=O) groups excluding carboxylic acids is 1. The van der Waals surface area contributed by atoms with Crippen molar-refractivity contribution < 1.29 is 14.6 Å². The van der Waals surface area contributed by atoms with Crippen LogP contribution in [-0.4, -0.2) is 20.5 Å². The Kier molecular flexibility index (Phi) is 3.57. The van der Waals surface area contributed by atoms with E-state index in [0.717, 1.165) is 0 Å². The molecule has 0 saturated heterocycles. The second-order valence-electron chi connectivity index (χ2n) is 4.61. The van der Waals surface area contributed by atoms with Crippen molar-refractivity contribution in [3.8, 4) is 5.75 Å². The van der Waals surface area contributed by atoms with Crippen LogP contribution in [0.1, 0.15) is 16.1 Å². The third-order valence-corrected chi connectivity index (χ3v) is 3.10. The number of phenols is 1. The molecule has 0 radical (unpaired) electrons. The molecule has 0 saturated carbocycles. The molecule has 3 aromatic rings. The highest BCUT2D eigenvalue weighted by molar-refractivity contribution is 5.92. The molecule has 0 bridgehead atoms. The number of fused-ring (bicyclic) bond motifs is 1. The number of ether oxygens (including phenoxy) is 1. The SMILES string of the molecule is O=C(OCc1cc(=O)n2ccccc2n1)c1ccccc1O. The Labute approximate surface area is 125 Å². The minimum Gasteiger partial charge on any atom is -0.507 e. The lowest BCUT2D eigenvalue weighted by atomic mass is 10.2. The smallest absolute Gasteiger partial charge is 0.342 e. The fourth-order valence-electron chi connectivity index (χ4n) is 2.04. The third kappa shape index (κ3) is 2.67. The van der Waals surface area contributed by atoms with Crippen LogP contribution >= 0.6 is 0 Å². The fourth-order valence-corrected chi connectivity index (χ4v) is 2.04. The Balaban J connectivity index is 1.81. The van der Waals surface area contributed by atoms with Gasteiger partial charge in [0.1, 0.15) is 23.6 Å². The molecule has 0 aliphatic rings. The summed E-state index contributed by atoms with van der Waals surface area (Å²) in [7, 11) is 0. The predicted octanol–water partition coefficient (Wildman–Crippen LogP) is 1.76. The molecule has 1 aromatic carbocycles. The molecule has 110 valence electrons. The average Bonchev–Trinajstić information content (AvgIpc) is 2.53.